The number of benzene rings is 1. The van der Waals surface area contributed by atoms with Gasteiger partial charge in [0.05, 0.1) is 12.6 Å². The minimum Gasteiger partial charge on any atom is -0.496 e. The Balaban J connectivity index is 2.29. The van der Waals surface area contributed by atoms with Crippen LogP contribution in [0.4, 0.5) is 8.78 Å². The third kappa shape index (κ3) is 2.22. The summed E-state index contributed by atoms with van der Waals surface area (Å²) in [7, 11) is 0. The molecule has 0 amide bonds. The highest BCUT2D eigenvalue weighted by molar-refractivity contribution is 5.27. The third-order valence-electron chi connectivity index (χ3n) is 2.56. The molecule has 0 fully saturated rings. The van der Waals surface area contributed by atoms with Gasteiger partial charge in [0.1, 0.15) is 17.4 Å². The average molecular weight is 225 g/mol. The van der Waals surface area contributed by atoms with Gasteiger partial charge in [0.2, 0.25) is 0 Å². The van der Waals surface area contributed by atoms with E-state index < -0.39 is 17.7 Å². The van der Waals surface area contributed by atoms with Gasteiger partial charge in [0.15, 0.2) is 0 Å². The first kappa shape index (κ1) is 11.1. The molecule has 2 nitrogen and oxygen atoms in total. The van der Waals surface area contributed by atoms with E-state index in [1.807, 2.05) is 6.08 Å². The van der Waals surface area contributed by atoms with Gasteiger partial charge in [-0.15, -0.1) is 0 Å². The molecule has 0 aliphatic carbocycles. The van der Waals surface area contributed by atoms with Crippen LogP contribution >= 0.6 is 0 Å². The molecule has 0 aromatic heterocycles. The standard InChI is InChI=1S/C12H13F2NO/c13-8-4-5-10(14)9(7-8)12(15)11-3-1-2-6-16-11/h3-5,7,12H,1-2,6,15H2. The summed E-state index contributed by atoms with van der Waals surface area (Å²) in [6.45, 7) is 0.580. The first-order chi connectivity index (χ1) is 7.68. The zero-order valence-corrected chi connectivity index (χ0v) is 8.75. The lowest BCUT2D eigenvalue weighted by Crippen LogP contribution is -2.19. The van der Waals surface area contributed by atoms with Crippen LogP contribution in [0, 0.1) is 11.6 Å². The quantitative estimate of drug-likeness (QED) is 0.839. The minimum atomic E-state index is -0.726. The van der Waals surface area contributed by atoms with Gasteiger partial charge in [-0.05, 0) is 37.1 Å². The summed E-state index contributed by atoms with van der Waals surface area (Å²) in [6.07, 6.45) is 3.63. The second kappa shape index (κ2) is 4.61. The molecule has 1 aromatic rings. The van der Waals surface area contributed by atoms with Crippen molar-refractivity contribution in [3.8, 4) is 0 Å². The van der Waals surface area contributed by atoms with E-state index in [9.17, 15) is 8.78 Å². The molecule has 0 saturated heterocycles. The fourth-order valence-corrected chi connectivity index (χ4v) is 1.70. The smallest absolute Gasteiger partial charge is 0.128 e. The fourth-order valence-electron chi connectivity index (χ4n) is 1.70. The summed E-state index contributed by atoms with van der Waals surface area (Å²) >= 11 is 0. The van der Waals surface area contributed by atoms with Crippen LogP contribution in [0.5, 0.6) is 0 Å². The van der Waals surface area contributed by atoms with E-state index in [0.717, 1.165) is 31.0 Å². The minimum absolute atomic E-state index is 0.133. The second-order valence-electron chi connectivity index (χ2n) is 3.74. The summed E-state index contributed by atoms with van der Waals surface area (Å²) in [4.78, 5) is 0. The molecule has 1 unspecified atom stereocenters. The Morgan fingerprint density at radius 1 is 1.31 bits per heavy atom. The molecule has 1 heterocycles. The van der Waals surface area contributed by atoms with E-state index in [-0.39, 0.29) is 5.56 Å². The maximum atomic E-state index is 13.4. The van der Waals surface area contributed by atoms with Crippen molar-refractivity contribution in [3.63, 3.8) is 0 Å². The van der Waals surface area contributed by atoms with Crippen molar-refractivity contribution in [3.05, 3.63) is 47.2 Å². The number of hydrogen-bond acceptors (Lipinski definition) is 2. The predicted octanol–water partition coefficient (Wildman–Crippen LogP) is 2.66. The Kier molecular flexibility index (Phi) is 3.19. The lowest BCUT2D eigenvalue weighted by Gasteiger charge is -2.21. The van der Waals surface area contributed by atoms with E-state index in [1.165, 1.54) is 0 Å². The maximum Gasteiger partial charge on any atom is 0.128 e. The highest BCUT2D eigenvalue weighted by Crippen LogP contribution is 2.26. The molecule has 1 atom stereocenters. The van der Waals surface area contributed by atoms with Gasteiger partial charge in [-0.25, -0.2) is 8.78 Å². The summed E-state index contributed by atoms with van der Waals surface area (Å²) in [5.41, 5.74) is 5.97. The molecule has 0 radical (unpaired) electrons. The number of rotatable bonds is 2. The van der Waals surface area contributed by atoms with Gasteiger partial charge in [-0.1, -0.05) is 0 Å². The van der Waals surface area contributed by atoms with Crippen LogP contribution in [-0.2, 0) is 4.74 Å². The van der Waals surface area contributed by atoms with Crippen LogP contribution < -0.4 is 5.73 Å². The summed E-state index contributed by atoms with van der Waals surface area (Å²) in [5.74, 6) is -0.483. The summed E-state index contributed by atoms with van der Waals surface area (Å²) in [5, 5.41) is 0. The molecule has 2 rings (SSSR count). The molecule has 86 valence electrons. The third-order valence-corrected chi connectivity index (χ3v) is 2.56. The highest BCUT2D eigenvalue weighted by Gasteiger charge is 2.19. The number of hydrogen-bond donors (Lipinski definition) is 1. The Hall–Kier alpha value is -1.42. The monoisotopic (exact) mass is 225 g/mol. The zero-order valence-electron chi connectivity index (χ0n) is 8.75. The van der Waals surface area contributed by atoms with E-state index in [4.69, 9.17) is 10.5 Å². The van der Waals surface area contributed by atoms with E-state index in [2.05, 4.69) is 0 Å². The molecule has 1 aliphatic rings. The van der Waals surface area contributed by atoms with Crippen molar-refractivity contribution >= 4 is 0 Å². The molecule has 1 aliphatic heterocycles. The number of ether oxygens (including phenoxy) is 1. The van der Waals surface area contributed by atoms with Crippen molar-refractivity contribution in [2.24, 2.45) is 5.73 Å². The fraction of sp³-hybridized carbons (Fsp3) is 0.333. The molecule has 0 spiro atoms. The SMILES string of the molecule is NC(C1=CCCCO1)c1cc(F)ccc1F. The number of nitrogens with two attached hydrogens (primary N) is 1. The molecular weight excluding hydrogens is 212 g/mol. The van der Waals surface area contributed by atoms with Crippen molar-refractivity contribution in [2.75, 3.05) is 6.61 Å². The van der Waals surface area contributed by atoms with Crippen LogP contribution in [-0.4, -0.2) is 6.61 Å². The normalized spacial score (nSPS) is 17.6. The van der Waals surface area contributed by atoms with Crippen LogP contribution in [0.3, 0.4) is 0 Å². The summed E-state index contributed by atoms with van der Waals surface area (Å²) in [6, 6.07) is 2.53. The van der Waals surface area contributed by atoms with Crippen LogP contribution in [0.1, 0.15) is 24.4 Å². The van der Waals surface area contributed by atoms with Crippen molar-refractivity contribution < 1.29 is 13.5 Å². The second-order valence-corrected chi connectivity index (χ2v) is 3.74. The van der Waals surface area contributed by atoms with Crippen LogP contribution in [0.25, 0.3) is 0 Å². The molecular formula is C12H13F2NO. The van der Waals surface area contributed by atoms with Crippen molar-refractivity contribution in [1.29, 1.82) is 0 Å². The molecule has 2 N–H and O–H groups in total. The van der Waals surface area contributed by atoms with Crippen molar-refractivity contribution in [2.45, 2.75) is 18.9 Å². The van der Waals surface area contributed by atoms with Gasteiger partial charge >= 0.3 is 0 Å². The summed E-state index contributed by atoms with van der Waals surface area (Å²) < 4.78 is 31.8. The topological polar surface area (TPSA) is 35.2 Å². The van der Waals surface area contributed by atoms with Gasteiger partial charge in [-0.2, -0.15) is 0 Å². The molecule has 0 saturated carbocycles. The first-order valence-corrected chi connectivity index (χ1v) is 5.22. The zero-order chi connectivity index (χ0) is 11.5. The lowest BCUT2D eigenvalue weighted by atomic mass is 10.0. The van der Waals surface area contributed by atoms with E-state index in [0.29, 0.717) is 12.4 Å². The van der Waals surface area contributed by atoms with E-state index in [1.54, 1.807) is 0 Å². The average Bonchev–Trinajstić information content (AvgIpc) is 2.32. The van der Waals surface area contributed by atoms with Gasteiger partial charge in [0, 0.05) is 5.56 Å². The van der Waals surface area contributed by atoms with Gasteiger partial charge in [0.25, 0.3) is 0 Å². The molecule has 0 bridgehead atoms. The predicted molar refractivity (Wildman–Crippen MR) is 56.6 cm³/mol. The number of allylic oxidation sites excluding steroid dienone is 1. The Morgan fingerprint density at radius 3 is 2.81 bits per heavy atom. The van der Waals surface area contributed by atoms with E-state index >= 15 is 0 Å². The molecule has 4 heteroatoms. The van der Waals surface area contributed by atoms with Gasteiger partial charge < -0.3 is 10.5 Å². The van der Waals surface area contributed by atoms with Crippen molar-refractivity contribution in [1.82, 2.24) is 0 Å². The molecule has 16 heavy (non-hydrogen) atoms. The van der Waals surface area contributed by atoms with Gasteiger partial charge in [-0.3, -0.25) is 0 Å². The largest absolute Gasteiger partial charge is 0.496 e. The Bertz CT molecular complexity index is 417. The Morgan fingerprint density at radius 2 is 2.12 bits per heavy atom. The van der Waals surface area contributed by atoms with Crippen LogP contribution in [0.15, 0.2) is 30.0 Å². The number of halogens is 2. The molecule has 1 aromatic carbocycles. The maximum absolute atomic E-state index is 13.4. The Labute approximate surface area is 92.7 Å². The highest BCUT2D eigenvalue weighted by atomic mass is 19.1. The van der Waals surface area contributed by atoms with Crippen LogP contribution in [0.2, 0.25) is 0 Å². The first-order valence-electron chi connectivity index (χ1n) is 5.22. The lowest BCUT2D eigenvalue weighted by molar-refractivity contribution is 0.175.